The van der Waals surface area contributed by atoms with E-state index < -0.39 is 0 Å². The van der Waals surface area contributed by atoms with Crippen LogP contribution in [0.15, 0.2) is 65.1 Å². The van der Waals surface area contributed by atoms with Gasteiger partial charge in [0, 0.05) is 30.6 Å². The van der Waals surface area contributed by atoms with E-state index in [2.05, 4.69) is 46.4 Å². The molecule has 0 saturated carbocycles. The van der Waals surface area contributed by atoms with Crippen LogP contribution in [0.2, 0.25) is 0 Å². The third-order valence-corrected chi connectivity index (χ3v) is 6.17. The first kappa shape index (κ1) is 21.5. The molecule has 1 saturated heterocycles. The molecule has 162 valence electrons. The number of hydrogen-bond acceptors (Lipinski definition) is 6. The SMILES string of the molecule is CC1CC(C)CN(CCOc2cccc(C=NNc3nc(-c4ccccc4)cs3)c2)C1. The van der Waals surface area contributed by atoms with E-state index in [4.69, 9.17) is 4.74 Å². The summed E-state index contributed by atoms with van der Waals surface area (Å²) in [5, 5.41) is 7.14. The van der Waals surface area contributed by atoms with Crippen LogP contribution >= 0.6 is 11.3 Å². The number of benzene rings is 2. The average Bonchev–Trinajstić information content (AvgIpc) is 3.23. The predicted octanol–water partition coefficient (Wildman–Crippen LogP) is 5.61. The maximum absolute atomic E-state index is 6.00. The van der Waals surface area contributed by atoms with E-state index in [1.165, 1.54) is 19.5 Å². The smallest absolute Gasteiger partial charge is 0.203 e. The molecule has 31 heavy (non-hydrogen) atoms. The second-order valence-corrected chi connectivity index (χ2v) is 9.26. The highest BCUT2D eigenvalue weighted by Crippen LogP contribution is 2.24. The molecule has 0 radical (unpaired) electrons. The van der Waals surface area contributed by atoms with Gasteiger partial charge in [-0.2, -0.15) is 5.10 Å². The number of likely N-dealkylation sites (tertiary alicyclic amines) is 1. The number of hydrazone groups is 1. The van der Waals surface area contributed by atoms with Gasteiger partial charge < -0.3 is 4.74 Å². The monoisotopic (exact) mass is 434 g/mol. The van der Waals surface area contributed by atoms with Gasteiger partial charge in [0.2, 0.25) is 5.13 Å². The van der Waals surface area contributed by atoms with Crippen LogP contribution in [0.25, 0.3) is 11.3 Å². The number of hydrogen-bond donors (Lipinski definition) is 1. The van der Waals surface area contributed by atoms with Gasteiger partial charge in [-0.05, 0) is 36.0 Å². The lowest BCUT2D eigenvalue weighted by Crippen LogP contribution is -2.40. The molecule has 2 unspecified atom stereocenters. The molecule has 0 bridgehead atoms. The third kappa shape index (κ3) is 6.39. The van der Waals surface area contributed by atoms with Crippen molar-refractivity contribution in [3.63, 3.8) is 0 Å². The lowest BCUT2D eigenvalue weighted by atomic mass is 9.92. The first-order chi connectivity index (χ1) is 15.2. The van der Waals surface area contributed by atoms with Crippen LogP contribution in [-0.4, -0.2) is 42.3 Å². The van der Waals surface area contributed by atoms with E-state index >= 15 is 0 Å². The Morgan fingerprint density at radius 2 is 1.94 bits per heavy atom. The number of thiazole rings is 1. The van der Waals surface area contributed by atoms with Gasteiger partial charge in [-0.1, -0.05) is 56.3 Å². The quantitative estimate of drug-likeness (QED) is 0.370. The minimum absolute atomic E-state index is 0.708. The van der Waals surface area contributed by atoms with Crippen molar-refractivity contribution in [3.05, 3.63) is 65.5 Å². The largest absolute Gasteiger partial charge is 0.492 e. The lowest BCUT2D eigenvalue weighted by molar-refractivity contribution is 0.120. The summed E-state index contributed by atoms with van der Waals surface area (Å²) in [5.41, 5.74) is 6.08. The lowest BCUT2D eigenvalue weighted by Gasteiger charge is -2.34. The number of piperidine rings is 1. The van der Waals surface area contributed by atoms with Crippen molar-refractivity contribution in [3.8, 4) is 17.0 Å². The van der Waals surface area contributed by atoms with Crippen molar-refractivity contribution in [2.75, 3.05) is 31.7 Å². The van der Waals surface area contributed by atoms with Gasteiger partial charge in [0.25, 0.3) is 0 Å². The normalized spacial score (nSPS) is 19.5. The van der Waals surface area contributed by atoms with Gasteiger partial charge in [0.1, 0.15) is 12.4 Å². The van der Waals surface area contributed by atoms with Crippen molar-refractivity contribution >= 4 is 22.7 Å². The first-order valence-corrected chi connectivity index (χ1v) is 11.8. The third-order valence-electron chi connectivity index (χ3n) is 5.43. The molecule has 5 nitrogen and oxygen atoms in total. The van der Waals surface area contributed by atoms with E-state index in [1.54, 1.807) is 17.6 Å². The molecular weight excluding hydrogens is 404 g/mol. The number of ether oxygens (including phenoxy) is 1. The van der Waals surface area contributed by atoms with Gasteiger partial charge in [0.15, 0.2) is 0 Å². The molecule has 2 aromatic carbocycles. The Hall–Kier alpha value is -2.70. The second kappa shape index (κ2) is 10.6. The fourth-order valence-electron chi connectivity index (χ4n) is 4.18. The van der Waals surface area contributed by atoms with Crippen LogP contribution in [0.1, 0.15) is 25.8 Å². The highest BCUT2D eigenvalue weighted by atomic mass is 32.1. The number of aromatic nitrogens is 1. The van der Waals surface area contributed by atoms with Gasteiger partial charge >= 0.3 is 0 Å². The fraction of sp³-hybridized carbons (Fsp3) is 0.360. The molecule has 0 amide bonds. The molecule has 0 spiro atoms. The van der Waals surface area contributed by atoms with Crippen LogP contribution < -0.4 is 10.2 Å². The molecule has 1 fully saturated rings. The molecule has 2 atom stereocenters. The Bertz CT molecular complexity index is 978. The van der Waals surface area contributed by atoms with Crippen LogP contribution in [0.4, 0.5) is 5.13 Å². The predicted molar refractivity (Wildman–Crippen MR) is 130 cm³/mol. The summed E-state index contributed by atoms with van der Waals surface area (Å²) in [5.74, 6) is 2.43. The summed E-state index contributed by atoms with van der Waals surface area (Å²) in [6.07, 6.45) is 3.13. The van der Waals surface area contributed by atoms with E-state index in [1.807, 2.05) is 47.8 Å². The molecule has 1 aromatic heterocycles. The van der Waals surface area contributed by atoms with Crippen molar-refractivity contribution in [1.29, 1.82) is 0 Å². The molecule has 1 aliphatic rings. The topological polar surface area (TPSA) is 49.8 Å². The number of anilines is 1. The fourth-order valence-corrected chi connectivity index (χ4v) is 4.85. The average molecular weight is 435 g/mol. The van der Waals surface area contributed by atoms with Crippen molar-refractivity contribution < 1.29 is 4.74 Å². The standard InChI is InChI=1S/C25H30N4OS/c1-19-13-20(2)17-29(16-19)11-12-30-23-10-6-7-21(14-23)15-26-28-25-27-24(18-31-25)22-8-4-3-5-9-22/h3-10,14-15,18-20H,11-13,16-17H2,1-2H3,(H,27,28). The Labute approximate surface area is 188 Å². The zero-order valence-corrected chi connectivity index (χ0v) is 19.0. The van der Waals surface area contributed by atoms with Gasteiger partial charge in [0.05, 0.1) is 11.9 Å². The van der Waals surface area contributed by atoms with Crippen molar-refractivity contribution in [1.82, 2.24) is 9.88 Å². The summed E-state index contributed by atoms with van der Waals surface area (Å²) >= 11 is 1.54. The number of rotatable bonds is 8. The number of nitrogens with one attached hydrogen (secondary N) is 1. The molecule has 2 heterocycles. The van der Waals surface area contributed by atoms with E-state index in [-0.39, 0.29) is 0 Å². The minimum atomic E-state index is 0.708. The van der Waals surface area contributed by atoms with E-state index in [9.17, 15) is 0 Å². The molecular formula is C25H30N4OS. The van der Waals surface area contributed by atoms with E-state index in [0.717, 1.165) is 46.1 Å². The first-order valence-electron chi connectivity index (χ1n) is 10.9. The second-order valence-electron chi connectivity index (χ2n) is 8.40. The molecule has 3 aromatic rings. The summed E-state index contributed by atoms with van der Waals surface area (Å²) in [6, 6.07) is 18.2. The maximum Gasteiger partial charge on any atom is 0.203 e. The van der Waals surface area contributed by atoms with Crippen LogP contribution in [0, 0.1) is 11.8 Å². The molecule has 4 rings (SSSR count). The highest BCUT2D eigenvalue weighted by molar-refractivity contribution is 7.14. The van der Waals surface area contributed by atoms with Gasteiger partial charge in [-0.25, -0.2) is 4.98 Å². The van der Waals surface area contributed by atoms with Crippen LogP contribution in [0.5, 0.6) is 5.75 Å². The summed E-state index contributed by atoms with van der Waals surface area (Å²) < 4.78 is 6.00. The van der Waals surface area contributed by atoms with Gasteiger partial charge in [-0.3, -0.25) is 10.3 Å². The Morgan fingerprint density at radius 1 is 1.13 bits per heavy atom. The highest BCUT2D eigenvalue weighted by Gasteiger charge is 2.21. The van der Waals surface area contributed by atoms with Crippen molar-refractivity contribution in [2.45, 2.75) is 20.3 Å². The van der Waals surface area contributed by atoms with Crippen LogP contribution in [-0.2, 0) is 0 Å². The molecule has 0 aliphatic carbocycles. The molecule has 6 heteroatoms. The molecule has 1 aliphatic heterocycles. The summed E-state index contributed by atoms with van der Waals surface area (Å²) in [6.45, 7) is 8.72. The van der Waals surface area contributed by atoms with Crippen molar-refractivity contribution in [2.24, 2.45) is 16.9 Å². The van der Waals surface area contributed by atoms with Gasteiger partial charge in [-0.15, -0.1) is 11.3 Å². The maximum atomic E-state index is 6.00. The minimum Gasteiger partial charge on any atom is -0.492 e. The summed E-state index contributed by atoms with van der Waals surface area (Å²) in [4.78, 5) is 7.11. The zero-order valence-electron chi connectivity index (χ0n) is 18.2. The Kier molecular flexibility index (Phi) is 7.33. The molecule has 1 N–H and O–H groups in total. The Balaban J connectivity index is 1.26. The number of nitrogens with zero attached hydrogens (tertiary/aromatic N) is 3. The van der Waals surface area contributed by atoms with E-state index in [0.29, 0.717) is 6.61 Å². The zero-order chi connectivity index (χ0) is 21.5. The summed E-state index contributed by atoms with van der Waals surface area (Å²) in [7, 11) is 0. The Morgan fingerprint density at radius 3 is 2.74 bits per heavy atom. The van der Waals surface area contributed by atoms with Crippen LogP contribution in [0.3, 0.4) is 0 Å².